The van der Waals surface area contributed by atoms with Crippen molar-refractivity contribution in [2.24, 2.45) is 23.7 Å². The van der Waals surface area contributed by atoms with E-state index in [-0.39, 0.29) is 11.9 Å². The molecule has 5 nitrogen and oxygen atoms in total. The zero-order valence-corrected chi connectivity index (χ0v) is 15.5. The molecule has 0 spiro atoms. The second kappa shape index (κ2) is 7.24. The first-order valence-corrected chi connectivity index (χ1v) is 9.66. The minimum Gasteiger partial charge on any atom is -0.465 e. The minimum atomic E-state index is -0.0332. The number of aryl methyl sites for hydroxylation is 1. The van der Waals surface area contributed by atoms with E-state index in [0.29, 0.717) is 30.4 Å². The first-order valence-electron chi connectivity index (χ1n) is 9.66. The summed E-state index contributed by atoms with van der Waals surface area (Å²) in [5.74, 6) is 1.97. The quantitative estimate of drug-likeness (QED) is 0.747. The molecule has 5 atom stereocenters. The maximum absolute atomic E-state index is 11.9. The Morgan fingerprint density at radius 3 is 2.58 bits per heavy atom. The smallest absolute Gasteiger partial charge is 0.308 e. The molecule has 0 saturated heterocycles. The summed E-state index contributed by atoms with van der Waals surface area (Å²) >= 11 is 0. The first-order chi connectivity index (χ1) is 11.6. The summed E-state index contributed by atoms with van der Waals surface area (Å²) in [5.41, 5.74) is 2.53. The van der Waals surface area contributed by atoms with Gasteiger partial charge in [0.2, 0.25) is 0 Å². The summed E-state index contributed by atoms with van der Waals surface area (Å²) in [5, 5.41) is 8.84. The lowest BCUT2D eigenvalue weighted by molar-refractivity contribution is -0.148. The van der Waals surface area contributed by atoms with Crippen molar-refractivity contribution in [1.29, 1.82) is 0 Å². The molecular weight excluding hydrogens is 302 g/mol. The maximum atomic E-state index is 11.9. The molecule has 24 heavy (non-hydrogen) atoms. The highest BCUT2D eigenvalue weighted by molar-refractivity contribution is 5.71. The number of hydrogen-bond acceptors (Lipinski definition) is 4. The van der Waals surface area contributed by atoms with E-state index in [9.17, 15) is 4.79 Å². The molecule has 1 heterocycles. The van der Waals surface area contributed by atoms with Crippen LogP contribution in [0.1, 0.15) is 70.8 Å². The third kappa shape index (κ3) is 3.35. The summed E-state index contributed by atoms with van der Waals surface area (Å²) < 4.78 is 7.69. The van der Waals surface area contributed by atoms with Crippen LogP contribution >= 0.6 is 0 Å². The summed E-state index contributed by atoms with van der Waals surface area (Å²) in [4.78, 5) is 11.9. The molecule has 1 fully saturated rings. The van der Waals surface area contributed by atoms with Crippen LogP contribution in [0.5, 0.6) is 0 Å². The molecule has 1 saturated carbocycles. The van der Waals surface area contributed by atoms with Crippen molar-refractivity contribution in [3.05, 3.63) is 11.4 Å². The van der Waals surface area contributed by atoms with Crippen LogP contribution in [-0.4, -0.2) is 27.6 Å². The predicted octanol–water partition coefficient (Wildman–Crippen LogP) is 3.58. The van der Waals surface area contributed by atoms with Crippen molar-refractivity contribution in [3.63, 3.8) is 0 Å². The lowest BCUT2D eigenvalue weighted by Crippen LogP contribution is -2.16. The van der Waals surface area contributed by atoms with Gasteiger partial charge in [-0.2, -0.15) is 0 Å². The van der Waals surface area contributed by atoms with E-state index in [0.717, 1.165) is 32.1 Å². The molecule has 0 N–H and O–H groups in total. The van der Waals surface area contributed by atoms with Crippen molar-refractivity contribution < 1.29 is 9.53 Å². The van der Waals surface area contributed by atoms with E-state index in [1.807, 2.05) is 13.8 Å². The first kappa shape index (κ1) is 17.4. The predicted molar refractivity (Wildman–Crippen MR) is 92.6 cm³/mol. The van der Waals surface area contributed by atoms with Crippen LogP contribution in [0.2, 0.25) is 0 Å². The van der Waals surface area contributed by atoms with Gasteiger partial charge >= 0.3 is 5.97 Å². The highest BCUT2D eigenvalue weighted by Crippen LogP contribution is 2.53. The standard InChI is InChI=1S/C19H31N3O2/c1-5-12(3)19(23)24-11-16-14-7-9-17-18(10-8-15(14)16)22(21-20-17)13(4)6-2/h12-16H,5-11H2,1-4H3/t12?,13?,14-,15+,16-/m0/s1. The van der Waals surface area contributed by atoms with E-state index in [1.165, 1.54) is 17.8 Å². The number of nitrogens with zero attached hydrogens (tertiary/aromatic N) is 3. The van der Waals surface area contributed by atoms with Gasteiger partial charge in [0.25, 0.3) is 0 Å². The Bertz CT molecular complexity index is 583. The van der Waals surface area contributed by atoms with Crippen LogP contribution in [0.25, 0.3) is 0 Å². The molecule has 1 aromatic rings. The topological polar surface area (TPSA) is 57.0 Å². The van der Waals surface area contributed by atoms with Gasteiger partial charge in [0.1, 0.15) is 0 Å². The third-order valence-corrected chi connectivity index (χ3v) is 6.25. The van der Waals surface area contributed by atoms with Gasteiger partial charge in [0.05, 0.1) is 30.0 Å². The molecule has 0 radical (unpaired) electrons. The molecular formula is C19H31N3O2. The Morgan fingerprint density at radius 1 is 1.21 bits per heavy atom. The molecule has 1 aromatic heterocycles. The van der Waals surface area contributed by atoms with Gasteiger partial charge in [-0.25, -0.2) is 4.68 Å². The van der Waals surface area contributed by atoms with Crippen LogP contribution in [0.15, 0.2) is 0 Å². The molecule has 0 aliphatic heterocycles. The van der Waals surface area contributed by atoms with Crippen LogP contribution in [0.4, 0.5) is 0 Å². The lowest BCUT2D eigenvalue weighted by Gasteiger charge is -2.14. The zero-order chi connectivity index (χ0) is 17.3. The van der Waals surface area contributed by atoms with Gasteiger partial charge in [-0.3, -0.25) is 4.79 Å². The van der Waals surface area contributed by atoms with Crippen LogP contribution in [0.3, 0.4) is 0 Å². The molecule has 134 valence electrons. The molecule has 2 aliphatic rings. The summed E-state index contributed by atoms with van der Waals surface area (Å²) in [6.07, 6.45) is 6.33. The second-order valence-corrected chi connectivity index (χ2v) is 7.69. The number of ether oxygens (including phenoxy) is 1. The van der Waals surface area contributed by atoms with Gasteiger partial charge in [-0.1, -0.05) is 26.0 Å². The molecule has 5 heteroatoms. The second-order valence-electron chi connectivity index (χ2n) is 7.69. The van der Waals surface area contributed by atoms with Crippen molar-refractivity contribution in [3.8, 4) is 0 Å². The number of esters is 1. The average Bonchev–Trinajstić information content (AvgIpc) is 3.08. The summed E-state index contributed by atoms with van der Waals surface area (Å²) in [7, 11) is 0. The summed E-state index contributed by atoms with van der Waals surface area (Å²) in [6, 6.07) is 0.419. The minimum absolute atomic E-state index is 0.0197. The van der Waals surface area contributed by atoms with Crippen molar-refractivity contribution in [2.45, 2.75) is 72.3 Å². The molecule has 2 unspecified atom stereocenters. The van der Waals surface area contributed by atoms with Crippen molar-refractivity contribution >= 4 is 5.97 Å². The Morgan fingerprint density at radius 2 is 1.92 bits per heavy atom. The van der Waals surface area contributed by atoms with Gasteiger partial charge < -0.3 is 4.74 Å². The number of carbonyl (C=O) groups excluding carboxylic acids is 1. The van der Waals surface area contributed by atoms with E-state index in [1.54, 1.807) is 0 Å². The summed E-state index contributed by atoms with van der Waals surface area (Å²) in [6.45, 7) is 8.99. The number of aromatic nitrogens is 3. The third-order valence-electron chi connectivity index (χ3n) is 6.25. The van der Waals surface area contributed by atoms with Crippen molar-refractivity contribution in [1.82, 2.24) is 15.0 Å². The maximum Gasteiger partial charge on any atom is 0.308 e. The van der Waals surface area contributed by atoms with E-state index < -0.39 is 0 Å². The molecule has 2 aliphatic carbocycles. The van der Waals surface area contributed by atoms with E-state index >= 15 is 0 Å². The largest absolute Gasteiger partial charge is 0.465 e. The van der Waals surface area contributed by atoms with Crippen LogP contribution < -0.4 is 0 Å². The molecule has 0 amide bonds. The van der Waals surface area contributed by atoms with E-state index in [2.05, 4.69) is 28.8 Å². The van der Waals surface area contributed by atoms with Gasteiger partial charge in [0.15, 0.2) is 0 Å². The van der Waals surface area contributed by atoms with Gasteiger partial charge in [0, 0.05) is 0 Å². The highest BCUT2D eigenvalue weighted by Gasteiger charge is 2.50. The fourth-order valence-electron chi connectivity index (χ4n) is 4.05. The van der Waals surface area contributed by atoms with Gasteiger partial charge in [-0.05, 0) is 63.2 Å². The Labute approximate surface area is 145 Å². The van der Waals surface area contributed by atoms with Gasteiger partial charge in [-0.15, -0.1) is 5.10 Å². The monoisotopic (exact) mass is 333 g/mol. The zero-order valence-electron chi connectivity index (χ0n) is 15.5. The average molecular weight is 333 g/mol. The van der Waals surface area contributed by atoms with Crippen molar-refractivity contribution in [2.75, 3.05) is 6.61 Å². The number of hydrogen-bond donors (Lipinski definition) is 0. The fraction of sp³-hybridized carbons (Fsp3) is 0.842. The highest BCUT2D eigenvalue weighted by atomic mass is 16.5. The molecule has 3 rings (SSSR count). The van der Waals surface area contributed by atoms with Crippen LogP contribution in [-0.2, 0) is 22.4 Å². The van der Waals surface area contributed by atoms with Crippen LogP contribution in [0, 0.1) is 23.7 Å². The number of rotatable bonds is 6. The fourth-order valence-corrected chi connectivity index (χ4v) is 4.05. The Hall–Kier alpha value is -1.39. The Kier molecular flexibility index (Phi) is 5.26. The normalized spacial score (nSPS) is 28.1. The van der Waals surface area contributed by atoms with E-state index in [4.69, 9.17) is 4.74 Å². The number of fused-ring (bicyclic) bond motifs is 2. The molecule has 0 aromatic carbocycles. The SMILES string of the molecule is CCC(C)C(=O)OC[C@@H]1[C@@H]2CCc3c(nnn3C(C)CC)CC[C@@H]21. The lowest BCUT2D eigenvalue weighted by atomic mass is 10.0. The molecule has 0 bridgehead atoms. The number of carbonyl (C=O) groups is 1. The Balaban J connectivity index is 1.58.